The molecule has 0 aliphatic rings. The number of rotatable bonds is 10. The third kappa shape index (κ3) is 8.15. The minimum atomic E-state index is -4.79. The Bertz CT molecular complexity index is 1650. The summed E-state index contributed by atoms with van der Waals surface area (Å²) in [6, 6.07) is 13.3. The minimum absolute atomic E-state index is 0.0689. The van der Waals surface area contributed by atoms with Crippen LogP contribution < -0.4 is 9.64 Å². The number of benzene rings is 2. The Hall–Kier alpha value is -4.81. The number of halogens is 3. The van der Waals surface area contributed by atoms with Crippen molar-refractivity contribution in [2.24, 2.45) is 0 Å². The van der Waals surface area contributed by atoms with Crippen molar-refractivity contribution in [3.63, 3.8) is 0 Å². The zero-order chi connectivity index (χ0) is 30.6. The van der Waals surface area contributed by atoms with Gasteiger partial charge in [0.1, 0.15) is 23.3 Å². The van der Waals surface area contributed by atoms with Gasteiger partial charge in [-0.05, 0) is 82.0 Å². The van der Waals surface area contributed by atoms with Crippen molar-refractivity contribution in [3.05, 3.63) is 78.4 Å². The molecule has 1 N–H and O–H groups in total. The highest BCUT2D eigenvalue weighted by Crippen LogP contribution is 2.30. The Kier molecular flexibility index (Phi) is 8.42. The van der Waals surface area contributed by atoms with Gasteiger partial charge >= 0.3 is 12.5 Å². The molecule has 0 unspecified atom stereocenters. The lowest BCUT2D eigenvalue weighted by Crippen LogP contribution is -2.36. The van der Waals surface area contributed by atoms with Crippen LogP contribution in [0.3, 0.4) is 0 Å². The van der Waals surface area contributed by atoms with Gasteiger partial charge in [0.25, 0.3) is 0 Å². The second-order valence-electron chi connectivity index (χ2n) is 11.0. The maximum atomic E-state index is 13.2. The predicted octanol–water partition coefficient (Wildman–Crippen LogP) is 7.28. The Labute approximate surface area is 245 Å². The van der Waals surface area contributed by atoms with E-state index in [1.54, 1.807) is 37.7 Å². The lowest BCUT2D eigenvalue weighted by molar-refractivity contribution is -0.274. The molecule has 2 aromatic carbocycles. The first-order valence-electron chi connectivity index (χ1n) is 13.7. The number of hydrogen-bond acceptors (Lipinski definition) is 7. The minimum Gasteiger partial charge on any atom is -0.443 e. The van der Waals surface area contributed by atoms with E-state index in [1.807, 2.05) is 30.5 Å². The summed E-state index contributed by atoms with van der Waals surface area (Å²) in [5.74, 6) is -0.112. The Morgan fingerprint density at radius 3 is 2.56 bits per heavy atom. The van der Waals surface area contributed by atoms with Gasteiger partial charge in [-0.3, -0.25) is 9.58 Å². The largest absolute Gasteiger partial charge is 0.573 e. The molecule has 0 bridgehead atoms. The number of nitrogens with zero attached hydrogens (tertiary/aromatic N) is 5. The molecule has 13 heteroatoms. The summed E-state index contributed by atoms with van der Waals surface area (Å²) in [5, 5.41) is 8.28. The SMILES string of the molecule is CC(C)(C)OC(=O)N(Cc1coc(-c2cc3cc(OC(F)(F)F)ccc3[nH]2)n1)c1ccc(CCCCn2ccnn2)cc1. The smallest absolute Gasteiger partial charge is 0.443 e. The van der Waals surface area contributed by atoms with Crippen LogP contribution in [0.15, 0.2) is 71.6 Å². The van der Waals surface area contributed by atoms with Crippen LogP contribution in [0, 0.1) is 0 Å². The molecule has 0 spiro atoms. The molecule has 3 heterocycles. The molecule has 0 saturated heterocycles. The molecule has 5 aromatic rings. The number of carbonyl (C=O) groups is 1. The molecule has 43 heavy (non-hydrogen) atoms. The van der Waals surface area contributed by atoms with Crippen molar-refractivity contribution in [3.8, 4) is 17.3 Å². The molecule has 0 aliphatic heterocycles. The molecule has 0 fully saturated rings. The van der Waals surface area contributed by atoms with Crippen LogP contribution >= 0.6 is 0 Å². The topological polar surface area (TPSA) is 111 Å². The van der Waals surface area contributed by atoms with E-state index in [-0.39, 0.29) is 18.2 Å². The number of hydrogen-bond donors (Lipinski definition) is 1. The normalized spacial score (nSPS) is 12.0. The second kappa shape index (κ2) is 12.2. The number of alkyl halides is 3. The number of H-pyrrole nitrogens is 1. The number of carbonyl (C=O) groups excluding carboxylic acids is 1. The monoisotopic (exact) mass is 596 g/mol. The van der Waals surface area contributed by atoms with Crippen LogP contribution in [-0.2, 0) is 24.2 Å². The van der Waals surface area contributed by atoms with E-state index in [0.29, 0.717) is 28.0 Å². The van der Waals surface area contributed by atoms with Crippen LogP contribution in [0.25, 0.3) is 22.5 Å². The van der Waals surface area contributed by atoms with E-state index in [2.05, 4.69) is 25.0 Å². The second-order valence-corrected chi connectivity index (χ2v) is 11.0. The molecular formula is C30H31F3N6O4. The van der Waals surface area contributed by atoms with E-state index in [0.717, 1.165) is 31.4 Å². The highest BCUT2D eigenvalue weighted by molar-refractivity contribution is 5.88. The number of oxazole rings is 1. The third-order valence-corrected chi connectivity index (χ3v) is 6.36. The van der Waals surface area contributed by atoms with Crippen molar-refractivity contribution in [1.82, 2.24) is 25.0 Å². The Morgan fingerprint density at radius 2 is 1.86 bits per heavy atom. The van der Waals surface area contributed by atoms with Crippen molar-refractivity contribution in [2.45, 2.75) is 65.1 Å². The summed E-state index contributed by atoms with van der Waals surface area (Å²) < 4.78 is 55.0. The van der Waals surface area contributed by atoms with Gasteiger partial charge in [0.2, 0.25) is 5.89 Å². The number of aryl methyl sites for hydroxylation is 2. The molecule has 5 rings (SSSR count). The lowest BCUT2D eigenvalue weighted by atomic mass is 10.1. The molecule has 0 radical (unpaired) electrons. The molecule has 3 aromatic heterocycles. The predicted molar refractivity (Wildman–Crippen MR) is 152 cm³/mol. The van der Waals surface area contributed by atoms with Gasteiger partial charge in [0, 0.05) is 29.3 Å². The van der Waals surface area contributed by atoms with Gasteiger partial charge < -0.3 is 18.9 Å². The van der Waals surface area contributed by atoms with Crippen LogP contribution in [0.4, 0.5) is 23.7 Å². The molecule has 0 saturated carbocycles. The van der Waals surface area contributed by atoms with Crippen molar-refractivity contribution in [2.75, 3.05) is 4.90 Å². The van der Waals surface area contributed by atoms with Crippen molar-refractivity contribution in [1.29, 1.82) is 0 Å². The zero-order valence-corrected chi connectivity index (χ0v) is 23.9. The van der Waals surface area contributed by atoms with Gasteiger partial charge in [-0.15, -0.1) is 18.3 Å². The first kappa shape index (κ1) is 29.7. The number of unbranched alkanes of at least 4 members (excludes halogenated alkanes) is 1. The summed E-state index contributed by atoms with van der Waals surface area (Å²) in [5.41, 5.74) is 2.55. The fourth-order valence-corrected chi connectivity index (χ4v) is 4.46. The average Bonchev–Trinajstić information content (AvgIpc) is 3.69. The van der Waals surface area contributed by atoms with E-state index >= 15 is 0 Å². The summed E-state index contributed by atoms with van der Waals surface area (Å²) in [6.45, 7) is 6.25. The molecule has 0 atom stereocenters. The quantitative estimate of drug-likeness (QED) is 0.169. The van der Waals surface area contributed by atoms with Crippen LogP contribution in [0.2, 0.25) is 0 Å². The van der Waals surface area contributed by atoms with Gasteiger partial charge in [-0.25, -0.2) is 9.78 Å². The number of anilines is 1. The van der Waals surface area contributed by atoms with Crippen molar-refractivity contribution >= 4 is 22.7 Å². The molecular weight excluding hydrogens is 565 g/mol. The third-order valence-electron chi connectivity index (χ3n) is 6.36. The number of ether oxygens (including phenoxy) is 2. The van der Waals surface area contributed by atoms with Gasteiger partial charge in [-0.1, -0.05) is 17.3 Å². The standard InChI is InChI=1S/C30H31F3N6O4/c1-29(2,3)43-28(40)39(23-9-7-20(8-10-23)6-4-5-14-38-15-13-34-37-38)18-22-19-41-27(35-22)26-17-21-16-24(42-30(31,32)33)11-12-25(21)36-26/h7-13,15-17,19,36H,4-6,14,18H2,1-3H3. The van der Waals surface area contributed by atoms with Gasteiger partial charge in [0.05, 0.1) is 18.4 Å². The van der Waals surface area contributed by atoms with Crippen LogP contribution in [0.1, 0.15) is 44.9 Å². The first-order chi connectivity index (χ1) is 20.4. The van der Waals surface area contributed by atoms with Gasteiger partial charge in [0.15, 0.2) is 0 Å². The number of nitrogens with one attached hydrogen (secondary N) is 1. The number of fused-ring (bicyclic) bond motifs is 1. The maximum Gasteiger partial charge on any atom is 0.573 e. The van der Waals surface area contributed by atoms with E-state index < -0.39 is 18.1 Å². The fourth-order valence-electron chi connectivity index (χ4n) is 4.46. The Morgan fingerprint density at radius 1 is 1.07 bits per heavy atom. The highest BCUT2D eigenvalue weighted by atomic mass is 19.4. The summed E-state index contributed by atoms with van der Waals surface area (Å²) >= 11 is 0. The average molecular weight is 597 g/mol. The maximum absolute atomic E-state index is 13.2. The summed E-state index contributed by atoms with van der Waals surface area (Å²) in [7, 11) is 0. The fraction of sp³-hybridized carbons (Fsp3) is 0.333. The number of aromatic nitrogens is 5. The van der Waals surface area contributed by atoms with Crippen molar-refractivity contribution < 1.29 is 31.9 Å². The summed E-state index contributed by atoms with van der Waals surface area (Å²) in [6.07, 6.45) is 2.41. The first-order valence-corrected chi connectivity index (χ1v) is 13.7. The van der Waals surface area contributed by atoms with Crippen LogP contribution in [0.5, 0.6) is 5.75 Å². The highest BCUT2D eigenvalue weighted by Gasteiger charge is 2.31. The summed E-state index contributed by atoms with van der Waals surface area (Å²) in [4.78, 5) is 22.3. The molecule has 10 nitrogen and oxygen atoms in total. The number of amides is 1. The lowest BCUT2D eigenvalue weighted by Gasteiger charge is -2.27. The number of aromatic amines is 1. The van der Waals surface area contributed by atoms with E-state index in [1.165, 1.54) is 29.4 Å². The molecule has 226 valence electrons. The Balaban J connectivity index is 1.29. The molecule has 1 amide bonds. The zero-order valence-electron chi connectivity index (χ0n) is 23.9. The van der Waals surface area contributed by atoms with E-state index in [9.17, 15) is 18.0 Å². The van der Waals surface area contributed by atoms with E-state index in [4.69, 9.17) is 9.15 Å². The van der Waals surface area contributed by atoms with Gasteiger partial charge in [-0.2, -0.15) is 0 Å². The molecule has 0 aliphatic carbocycles. The van der Waals surface area contributed by atoms with Crippen LogP contribution in [-0.4, -0.2) is 43.0 Å².